The Balaban J connectivity index is 2.23. The molecule has 2 rings (SSSR count). The minimum atomic E-state index is -1.01. The summed E-state index contributed by atoms with van der Waals surface area (Å²) >= 11 is 0. The van der Waals surface area contributed by atoms with Gasteiger partial charge in [0.25, 0.3) is 0 Å². The van der Waals surface area contributed by atoms with Crippen molar-refractivity contribution in [3.8, 4) is 0 Å². The highest BCUT2D eigenvalue weighted by atomic mass is 16.4. The number of furan rings is 1. The second-order valence-corrected chi connectivity index (χ2v) is 4.91. The molecule has 0 saturated heterocycles. The largest absolute Gasteiger partial charge is 0.475 e. The summed E-state index contributed by atoms with van der Waals surface area (Å²) < 4.78 is 5.45. The molecule has 0 spiro atoms. The number of carboxylic acid groups (broad SMARTS) is 1. The van der Waals surface area contributed by atoms with Crippen LogP contribution in [0.4, 0.5) is 0 Å². The number of hydrogen-bond acceptors (Lipinski definition) is 4. The van der Waals surface area contributed by atoms with Crippen molar-refractivity contribution in [1.82, 2.24) is 10.2 Å². The van der Waals surface area contributed by atoms with Crippen LogP contribution in [0.25, 0.3) is 11.0 Å². The number of para-hydroxylation sites is 1. The maximum Gasteiger partial charge on any atom is 0.372 e. The molecule has 0 aliphatic rings. The van der Waals surface area contributed by atoms with E-state index in [2.05, 4.69) is 10.2 Å². The van der Waals surface area contributed by atoms with Gasteiger partial charge in [0.1, 0.15) is 5.58 Å². The molecule has 0 amide bonds. The number of carbonyl (C=O) groups is 1. The maximum atomic E-state index is 11.3. The van der Waals surface area contributed by atoms with Crippen LogP contribution in [0.2, 0.25) is 0 Å². The Kier molecular flexibility index (Phi) is 4.76. The summed E-state index contributed by atoms with van der Waals surface area (Å²) in [6, 6.07) is 7.44. The summed E-state index contributed by atoms with van der Waals surface area (Å²) in [5.41, 5.74) is 1.38. The summed E-state index contributed by atoms with van der Waals surface area (Å²) in [5.74, 6) is -0.966. The Bertz CT molecular complexity index is 592. The zero-order valence-electron chi connectivity index (χ0n) is 11.8. The molecule has 0 aliphatic carbocycles. The first-order valence-electron chi connectivity index (χ1n) is 6.70. The van der Waals surface area contributed by atoms with E-state index in [-0.39, 0.29) is 5.76 Å². The van der Waals surface area contributed by atoms with Gasteiger partial charge in [-0.1, -0.05) is 18.2 Å². The van der Waals surface area contributed by atoms with E-state index in [9.17, 15) is 9.90 Å². The first kappa shape index (κ1) is 14.6. The summed E-state index contributed by atoms with van der Waals surface area (Å²) in [6.07, 6.45) is 1.02. The van der Waals surface area contributed by atoms with Gasteiger partial charge in [0.05, 0.1) is 0 Å². The van der Waals surface area contributed by atoms with Gasteiger partial charge in [-0.3, -0.25) is 0 Å². The van der Waals surface area contributed by atoms with E-state index in [1.165, 1.54) is 0 Å². The van der Waals surface area contributed by atoms with Crippen molar-refractivity contribution in [2.24, 2.45) is 0 Å². The molecule has 0 radical (unpaired) electrons. The van der Waals surface area contributed by atoms with Crippen LogP contribution in [0, 0.1) is 0 Å². The normalized spacial score (nSPS) is 11.3. The minimum Gasteiger partial charge on any atom is -0.475 e. The zero-order valence-corrected chi connectivity index (χ0v) is 11.8. The smallest absolute Gasteiger partial charge is 0.372 e. The fourth-order valence-electron chi connectivity index (χ4n) is 2.30. The van der Waals surface area contributed by atoms with Gasteiger partial charge in [-0.2, -0.15) is 0 Å². The van der Waals surface area contributed by atoms with Crippen LogP contribution in [0.1, 0.15) is 22.5 Å². The molecule has 0 fully saturated rings. The van der Waals surface area contributed by atoms with Gasteiger partial charge in [0.15, 0.2) is 0 Å². The molecule has 20 heavy (non-hydrogen) atoms. The Morgan fingerprint density at radius 2 is 2.15 bits per heavy atom. The Morgan fingerprint density at radius 1 is 1.40 bits per heavy atom. The lowest BCUT2D eigenvalue weighted by atomic mass is 10.1. The topological polar surface area (TPSA) is 65.7 Å². The minimum absolute atomic E-state index is 0.0478. The second-order valence-electron chi connectivity index (χ2n) is 4.91. The molecule has 0 saturated carbocycles. The lowest BCUT2D eigenvalue weighted by Crippen LogP contribution is -2.23. The van der Waals surface area contributed by atoms with Gasteiger partial charge >= 0.3 is 5.97 Å². The zero-order chi connectivity index (χ0) is 14.5. The summed E-state index contributed by atoms with van der Waals surface area (Å²) in [5, 5.41) is 13.3. The van der Waals surface area contributed by atoms with Gasteiger partial charge < -0.3 is 19.7 Å². The molecule has 2 N–H and O–H groups in total. The van der Waals surface area contributed by atoms with Crippen LogP contribution < -0.4 is 5.32 Å². The van der Waals surface area contributed by atoms with Gasteiger partial charge in [-0.05, 0) is 39.7 Å². The monoisotopic (exact) mass is 276 g/mol. The molecule has 0 bridgehead atoms. The average Bonchev–Trinajstić information content (AvgIpc) is 2.78. The standard InChI is InChI=1S/C15H20N2O3/c1-16-8-5-9-17(2)10-12-11-6-3-4-7-13(11)20-14(12)15(18)19/h3-4,6-7,16H,5,8-10H2,1-2H3,(H,18,19). The Labute approximate surface area is 118 Å². The van der Waals surface area contributed by atoms with Crippen molar-refractivity contribution in [3.05, 3.63) is 35.6 Å². The second kappa shape index (κ2) is 6.54. The van der Waals surface area contributed by atoms with Gasteiger partial charge in [-0.15, -0.1) is 0 Å². The lowest BCUT2D eigenvalue weighted by Gasteiger charge is -2.16. The third-order valence-electron chi connectivity index (χ3n) is 3.29. The number of aromatic carboxylic acids is 1. The molecule has 0 unspecified atom stereocenters. The number of benzene rings is 1. The molecule has 2 aromatic rings. The fraction of sp³-hybridized carbons (Fsp3) is 0.400. The molecular formula is C15H20N2O3. The van der Waals surface area contributed by atoms with Crippen LogP contribution in [0.15, 0.2) is 28.7 Å². The molecular weight excluding hydrogens is 256 g/mol. The van der Waals surface area contributed by atoms with Crippen LogP contribution in [-0.2, 0) is 6.54 Å². The van der Waals surface area contributed by atoms with Crippen molar-refractivity contribution >= 4 is 16.9 Å². The fourth-order valence-corrected chi connectivity index (χ4v) is 2.30. The maximum absolute atomic E-state index is 11.3. The number of rotatable bonds is 7. The molecule has 0 atom stereocenters. The highest BCUT2D eigenvalue weighted by Crippen LogP contribution is 2.26. The quantitative estimate of drug-likeness (QED) is 0.759. The van der Waals surface area contributed by atoms with Gasteiger partial charge in [0.2, 0.25) is 5.76 Å². The highest BCUT2D eigenvalue weighted by molar-refractivity contribution is 5.95. The van der Waals surface area contributed by atoms with Crippen molar-refractivity contribution in [1.29, 1.82) is 0 Å². The molecule has 0 aliphatic heterocycles. The molecule has 108 valence electrons. The van der Waals surface area contributed by atoms with E-state index in [0.717, 1.165) is 30.5 Å². The Hall–Kier alpha value is -1.85. The van der Waals surface area contributed by atoms with E-state index in [4.69, 9.17) is 4.42 Å². The van der Waals surface area contributed by atoms with Crippen molar-refractivity contribution in [3.63, 3.8) is 0 Å². The first-order chi connectivity index (χ1) is 9.63. The number of carboxylic acids is 1. The third-order valence-corrected chi connectivity index (χ3v) is 3.29. The predicted octanol–water partition coefficient (Wildman–Crippen LogP) is 2.17. The molecule has 1 aromatic heterocycles. The Morgan fingerprint density at radius 3 is 2.85 bits per heavy atom. The number of nitrogens with zero attached hydrogens (tertiary/aromatic N) is 1. The van der Waals surface area contributed by atoms with E-state index in [1.54, 1.807) is 6.07 Å². The first-order valence-corrected chi connectivity index (χ1v) is 6.70. The molecule has 5 nitrogen and oxygen atoms in total. The van der Waals surface area contributed by atoms with E-state index < -0.39 is 5.97 Å². The number of hydrogen-bond donors (Lipinski definition) is 2. The predicted molar refractivity (Wildman–Crippen MR) is 78.1 cm³/mol. The van der Waals surface area contributed by atoms with Crippen molar-refractivity contribution < 1.29 is 14.3 Å². The lowest BCUT2D eigenvalue weighted by molar-refractivity contribution is 0.0662. The van der Waals surface area contributed by atoms with E-state index in [0.29, 0.717) is 12.1 Å². The van der Waals surface area contributed by atoms with Crippen LogP contribution in [-0.4, -0.2) is 43.2 Å². The van der Waals surface area contributed by atoms with Gasteiger partial charge in [-0.25, -0.2) is 4.79 Å². The van der Waals surface area contributed by atoms with Crippen LogP contribution in [0.5, 0.6) is 0 Å². The summed E-state index contributed by atoms with van der Waals surface area (Å²) in [6.45, 7) is 2.42. The highest BCUT2D eigenvalue weighted by Gasteiger charge is 2.20. The molecule has 5 heteroatoms. The third kappa shape index (κ3) is 3.18. The average molecular weight is 276 g/mol. The van der Waals surface area contributed by atoms with Gasteiger partial charge in [0, 0.05) is 17.5 Å². The van der Waals surface area contributed by atoms with Crippen molar-refractivity contribution in [2.75, 3.05) is 27.2 Å². The van der Waals surface area contributed by atoms with Crippen LogP contribution >= 0.6 is 0 Å². The van der Waals surface area contributed by atoms with E-state index >= 15 is 0 Å². The molecule has 1 aromatic carbocycles. The van der Waals surface area contributed by atoms with E-state index in [1.807, 2.05) is 32.3 Å². The van der Waals surface area contributed by atoms with Crippen LogP contribution in [0.3, 0.4) is 0 Å². The molecule has 1 heterocycles. The number of fused-ring (bicyclic) bond motifs is 1. The SMILES string of the molecule is CNCCCN(C)Cc1c(C(=O)O)oc2ccccc12. The van der Waals surface area contributed by atoms with Crippen molar-refractivity contribution in [2.45, 2.75) is 13.0 Å². The summed E-state index contributed by atoms with van der Waals surface area (Å²) in [4.78, 5) is 13.4. The number of nitrogens with one attached hydrogen (secondary N) is 1. The summed E-state index contributed by atoms with van der Waals surface area (Å²) in [7, 11) is 3.91.